The number of esters is 2. The van der Waals surface area contributed by atoms with Gasteiger partial charge in [0.25, 0.3) is 0 Å². The number of carbonyl (C=O) groups excluding carboxylic acids is 2. The van der Waals surface area contributed by atoms with Gasteiger partial charge in [0, 0.05) is 4.91 Å². The molecule has 3 aliphatic rings. The lowest BCUT2D eigenvalue weighted by molar-refractivity contribution is -0.326. The first-order valence-electron chi connectivity index (χ1n) is 21.5. The Labute approximate surface area is 375 Å². The summed E-state index contributed by atoms with van der Waals surface area (Å²) in [6.45, 7) is 0.129. The van der Waals surface area contributed by atoms with Gasteiger partial charge in [-0.05, 0) is 63.3 Å². The van der Waals surface area contributed by atoms with Gasteiger partial charge in [-0.1, -0.05) is 139 Å². The number of benzene rings is 6. The standard InChI is InChI=1S/C51H47N3O11/c52-54-53-42-45(58-28-33-15-5-1-6-16-33)43(57-30-35-25-26-36-19-13-14-24-39(36)27-35)40(31-60-48(55)37-20-9-3-10-21-37)62-50(42)65-44-41-32-61-51(63-41)47(64-49(56)38-22-11-4-12-23-38)46(44)59-29-34-17-7-2-8-18-34/h1-27,40-47,50-51H,28-32H2. The highest BCUT2D eigenvalue weighted by molar-refractivity contribution is 5.90. The van der Waals surface area contributed by atoms with Crippen molar-refractivity contribution < 1.29 is 52.2 Å². The smallest absolute Gasteiger partial charge is 0.338 e. The van der Waals surface area contributed by atoms with Crippen LogP contribution in [0.1, 0.15) is 37.4 Å². The van der Waals surface area contributed by atoms with Crippen LogP contribution < -0.4 is 0 Å². The van der Waals surface area contributed by atoms with Crippen LogP contribution in [0.15, 0.2) is 169 Å². The summed E-state index contributed by atoms with van der Waals surface area (Å²) in [4.78, 5) is 30.3. The maximum atomic E-state index is 13.6. The topological polar surface area (TPSA) is 166 Å². The third kappa shape index (κ3) is 10.6. The highest BCUT2D eigenvalue weighted by Crippen LogP contribution is 2.38. The monoisotopic (exact) mass is 877 g/mol. The largest absolute Gasteiger partial charge is 0.459 e. The van der Waals surface area contributed by atoms with Gasteiger partial charge >= 0.3 is 11.9 Å². The summed E-state index contributed by atoms with van der Waals surface area (Å²) >= 11 is 0. The molecule has 14 nitrogen and oxygen atoms in total. The number of rotatable bonds is 17. The lowest BCUT2D eigenvalue weighted by atomic mass is 9.95. The second kappa shape index (κ2) is 21.0. The quantitative estimate of drug-likeness (QED) is 0.0373. The van der Waals surface area contributed by atoms with E-state index >= 15 is 0 Å². The van der Waals surface area contributed by atoms with Crippen LogP contribution in [0.5, 0.6) is 0 Å². The van der Waals surface area contributed by atoms with Crippen LogP contribution >= 0.6 is 0 Å². The lowest BCUT2D eigenvalue weighted by Crippen LogP contribution is -2.64. The minimum atomic E-state index is -1.35. The Kier molecular flexibility index (Phi) is 14.2. The van der Waals surface area contributed by atoms with Crippen LogP contribution in [0.4, 0.5) is 0 Å². The molecule has 0 radical (unpaired) electrons. The predicted octanol–water partition coefficient (Wildman–Crippen LogP) is 8.52. The number of hydrogen-bond acceptors (Lipinski definition) is 12. The number of azide groups is 1. The molecule has 9 rings (SSSR count). The first kappa shape index (κ1) is 43.8. The van der Waals surface area contributed by atoms with Crippen molar-refractivity contribution >= 4 is 22.7 Å². The molecule has 3 aliphatic heterocycles. The molecule has 3 heterocycles. The predicted molar refractivity (Wildman–Crippen MR) is 236 cm³/mol. The molecule has 0 aromatic heterocycles. The highest BCUT2D eigenvalue weighted by Gasteiger charge is 2.57. The molecule has 0 aliphatic carbocycles. The number of ether oxygens (including phenoxy) is 9. The van der Waals surface area contributed by atoms with Crippen LogP contribution in [-0.4, -0.2) is 86.5 Å². The second-order valence-electron chi connectivity index (χ2n) is 15.9. The number of hydrogen-bond donors (Lipinski definition) is 0. The van der Waals surface area contributed by atoms with E-state index in [2.05, 4.69) is 10.0 Å². The fourth-order valence-corrected chi connectivity index (χ4v) is 8.32. The Morgan fingerprint density at radius 2 is 1.15 bits per heavy atom. The Morgan fingerprint density at radius 1 is 0.585 bits per heavy atom. The van der Waals surface area contributed by atoms with Crippen molar-refractivity contribution in [3.63, 3.8) is 0 Å². The molecular weight excluding hydrogens is 831 g/mol. The van der Waals surface area contributed by atoms with E-state index in [0.29, 0.717) is 11.1 Å². The highest BCUT2D eigenvalue weighted by atomic mass is 16.8. The van der Waals surface area contributed by atoms with E-state index in [-0.39, 0.29) is 33.0 Å². The van der Waals surface area contributed by atoms with Crippen LogP contribution in [0.25, 0.3) is 21.2 Å². The minimum Gasteiger partial charge on any atom is -0.459 e. The Bertz CT molecular complexity index is 2550. The molecular formula is C51H47N3O11. The molecule has 14 heteroatoms. The third-order valence-electron chi connectivity index (χ3n) is 11.6. The van der Waals surface area contributed by atoms with E-state index in [1.54, 1.807) is 60.7 Å². The third-order valence-corrected chi connectivity index (χ3v) is 11.6. The average molecular weight is 878 g/mol. The number of carbonyl (C=O) groups is 2. The van der Waals surface area contributed by atoms with Gasteiger partial charge < -0.3 is 42.6 Å². The van der Waals surface area contributed by atoms with Gasteiger partial charge in [-0.2, -0.15) is 0 Å². The normalized spacial score (nSPS) is 25.9. The molecule has 6 aromatic rings. The van der Waals surface area contributed by atoms with E-state index in [9.17, 15) is 15.1 Å². The molecule has 65 heavy (non-hydrogen) atoms. The summed E-state index contributed by atoms with van der Waals surface area (Å²) < 4.78 is 58.2. The molecule has 3 saturated heterocycles. The number of fused-ring (bicyclic) bond motifs is 3. The summed E-state index contributed by atoms with van der Waals surface area (Å²) in [7, 11) is 0. The van der Waals surface area contributed by atoms with E-state index in [1.807, 2.05) is 103 Å². The van der Waals surface area contributed by atoms with Gasteiger partial charge in [-0.3, -0.25) is 0 Å². The molecule has 0 amide bonds. The molecule has 10 unspecified atom stereocenters. The zero-order valence-corrected chi connectivity index (χ0v) is 35.2. The molecule has 332 valence electrons. The summed E-state index contributed by atoms with van der Waals surface area (Å²) in [5.41, 5.74) is 13.4. The Morgan fingerprint density at radius 3 is 1.82 bits per heavy atom. The average Bonchev–Trinajstić information content (AvgIpc) is 3.80. The SMILES string of the molecule is [N-]=[N+]=NC1C(OC2C3COC(O3)C(OC(=O)c3ccccc3)C2OCc2ccccc2)OC(COC(=O)c2ccccc2)C(OCc2ccc3ccccc3c2)C1OCc1ccccc1. The number of nitrogens with zero attached hydrogens (tertiary/aromatic N) is 3. The Hall–Kier alpha value is -6.45. The Balaban J connectivity index is 1.06. The van der Waals surface area contributed by atoms with Crippen LogP contribution in [0.3, 0.4) is 0 Å². The summed E-state index contributed by atoms with van der Waals surface area (Å²) in [5.74, 6) is -1.19. The van der Waals surface area contributed by atoms with Crippen LogP contribution in [0.2, 0.25) is 0 Å². The van der Waals surface area contributed by atoms with Gasteiger partial charge in [0.15, 0.2) is 18.7 Å². The molecule has 0 N–H and O–H groups in total. The summed E-state index contributed by atoms with van der Waals surface area (Å²) in [6, 6.07) is 49.1. The van der Waals surface area contributed by atoms with E-state index in [4.69, 9.17) is 42.6 Å². The zero-order chi connectivity index (χ0) is 44.4. The van der Waals surface area contributed by atoms with Gasteiger partial charge in [-0.15, -0.1) is 0 Å². The summed E-state index contributed by atoms with van der Waals surface area (Å²) in [6.07, 6.45) is -9.11. The molecule has 0 spiro atoms. The van der Waals surface area contributed by atoms with E-state index in [1.165, 1.54) is 0 Å². The maximum absolute atomic E-state index is 13.6. The van der Waals surface area contributed by atoms with Gasteiger partial charge in [0.1, 0.15) is 49.3 Å². The zero-order valence-electron chi connectivity index (χ0n) is 35.2. The fourth-order valence-electron chi connectivity index (χ4n) is 8.32. The fraction of sp³-hybridized carbons (Fsp3) is 0.294. The van der Waals surface area contributed by atoms with Crippen molar-refractivity contribution in [3.8, 4) is 0 Å². The first-order valence-corrected chi connectivity index (χ1v) is 21.5. The molecule has 10 atom stereocenters. The van der Waals surface area contributed by atoms with Crippen molar-refractivity contribution in [2.24, 2.45) is 5.11 Å². The van der Waals surface area contributed by atoms with Crippen molar-refractivity contribution in [1.82, 2.24) is 0 Å². The van der Waals surface area contributed by atoms with Crippen molar-refractivity contribution in [2.75, 3.05) is 13.2 Å². The van der Waals surface area contributed by atoms with Crippen molar-refractivity contribution in [3.05, 3.63) is 202 Å². The molecule has 2 bridgehead atoms. The van der Waals surface area contributed by atoms with Crippen LogP contribution in [-0.2, 0) is 62.5 Å². The first-order chi connectivity index (χ1) is 32.0. The second-order valence-corrected chi connectivity index (χ2v) is 15.9. The van der Waals surface area contributed by atoms with E-state index in [0.717, 1.165) is 27.5 Å². The summed E-state index contributed by atoms with van der Waals surface area (Å²) in [5, 5.41) is 6.36. The van der Waals surface area contributed by atoms with E-state index < -0.39 is 73.3 Å². The van der Waals surface area contributed by atoms with Crippen molar-refractivity contribution in [1.29, 1.82) is 0 Å². The molecule has 0 saturated carbocycles. The minimum absolute atomic E-state index is 0.0718. The molecule has 6 aromatic carbocycles. The van der Waals surface area contributed by atoms with Gasteiger partial charge in [0.05, 0.1) is 37.6 Å². The van der Waals surface area contributed by atoms with Gasteiger partial charge in [-0.25, -0.2) is 9.59 Å². The molecule has 3 fully saturated rings. The lowest BCUT2D eigenvalue weighted by Gasteiger charge is -2.47. The van der Waals surface area contributed by atoms with Crippen LogP contribution in [0, 0.1) is 0 Å². The van der Waals surface area contributed by atoms with Crippen molar-refractivity contribution in [2.45, 2.75) is 81.2 Å². The maximum Gasteiger partial charge on any atom is 0.338 e. The van der Waals surface area contributed by atoms with Gasteiger partial charge in [0.2, 0.25) is 0 Å².